The molecule has 1 aliphatic carbocycles. The van der Waals surface area contributed by atoms with Crippen LogP contribution in [-0.2, 0) is 0 Å². The van der Waals surface area contributed by atoms with Crippen LogP contribution in [0.3, 0.4) is 0 Å². The summed E-state index contributed by atoms with van der Waals surface area (Å²) in [5, 5.41) is 3.67. The van der Waals surface area contributed by atoms with Gasteiger partial charge < -0.3 is 5.32 Å². The average Bonchev–Trinajstić information content (AvgIpc) is 2.49. The van der Waals surface area contributed by atoms with E-state index in [4.69, 9.17) is 0 Å². The van der Waals surface area contributed by atoms with Gasteiger partial charge in [-0.3, -0.25) is 4.90 Å². The molecule has 2 fully saturated rings. The van der Waals surface area contributed by atoms with Crippen LogP contribution in [0.4, 0.5) is 0 Å². The van der Waals surface area contributed by atoms with Crippen LogP contribution in [0.15, 0.2) is 30.3 Å². The van der Waals surface area contributed by atoms with Crippen molar-refractivity contribution in [3.05, 3.63) is 35.9 Å². The lowest BCUT2D eigenvalue weighted by atomic mass is 9.86. The molecule has 0 radical (unpaired) electrons. The fourth-order valence-electron chi connectivity index (χ4n) is 3.62. The minimum absolute atomic E-state index is 0.522. The maximum atomic E-state index is 3.67. The molecule has 1 saturated heterocycles. The molecule has 2 nitrogen and oxygen atoms in total. The van der Waals surface area contributed by atoms with Gasteiger partial charge in [-0.1, -0.05) is 37.3 Å². The van der Waals surface area contributed by atoms with E-state index in [1.165, 1.54) is 44.3 Å². The van der Waals surface area contributed by atoms with Gasteiger partial charge >= 0.3 is 0 Å². The molecule has 1 aromatic rings. The zero-order valence-electron chi connectivity index (χ0n) is 12.0. The average molecular weight is 258 g/mol. The van der Waals surface area contributed by atoms with Crippen molar-refractivity contribution in [3.8, 4) is 0 Å². The van der Waals surface area contributed by atoms with Crippen molar-refractivity contribution >= 4 is 0 Å². The number of rotatable bonds is 2. The second-order valence-electron chi connectivity index (χ2n) is 6.33. The first-order chi connectivity index (χ1) is 9.33. The summed E-state index contributed by atoms with van der Waals surface area (Å²) in [4.78, 5) is 2.74. The zero-order valence-corrected chi connectivity index (χ0v) is 12.0. The number of hydrogen-bond acceptors (Lipinski definition) is 2. The molecule has 3 rings (SSSR count). The summed E-state index contributed by atoms with van der Waals surface area (Å²) in [7, 11) is 0. The molecule has 0 amide bonds. The molecule has 1 aliphatic heterocycles. The third-order valence-corrected chi connectivity index (χ3v) is 4.91. The molecule has 0 bridgehead atoms. The highest BCUT2D eigenvalue weighted by molar-refractivity contribution is 5.19. The van der Waals surface area contributed by atoms with Crippen molar-refractivity contribution < 1.29 is 0 Å². The molecule has 19 heavy (non-hydrogen) atoms. The topological polar surface area (TPSA) is 15.3 Å². The van der Waals surface area contributed by atoms with Crippen LogP contribution in [0.1, 0.15) is 44.2 Å². The van der Waals surface area contributed by atoms with Crippen molar-refractivity contribution in [3.63, 3.8) is 0 Å². The quantitative estimate of drug-likeness (QED) is 0.876. The Bertz CT molecular complexity index is 382. The summed E-state index contributed by atoms with van der Waals surface area (Å²) in [6.45, 7) is 5.94. The van der Waals surface area contributed by atoms with E-state index < -0.39 is 0 Å². The molecule has 2 heteroatoms. The largest absolute Gasteiger partial charge is 0.308 e. The lowest BCUT2D eigenvalue weighted by Crippen LogP contribution is -2.50. The number of nitrogens with one attached hydrogen (secondary N) is 1. The van der Waals surface area contributed by atoms with Gasteiger partial charge in [-0.2, -0.15) is 0 Å². The molecular weight excluding hydrogens is 232 g/mol. The molecule has 104 valence electrons. The molecule has 1 heterocycles. The van der Waals surface area contributed by atoms with E-state index in [1.54, 1.807) is 0 Å². The Labute approximate surface area is 117 Å². The first kappa shape index (κ1) is 13.1. The predicted molar refractivity (Wildman–Crippen MR) is 80.2 cm³/mol. The van der Waals surface area contributed by atoms with Crippen molar-refractivity contribution in [1.29, 1.82) is 0 Å². The number of hydrogen-bond donors (Lipinski definition) is 1. The van der Waals surface area contributed by atoms with E-state index in [0.717, 1.165) is 18.5 Å². The first-order valence-electron chi connectivity index (χ1n) is 7.85. The second kappa shape index (κ2) is 6.06. The van der Waals surface area contributed by atoms with Crippen LogP contribution in [0, 0.1) is 5.92 Å². The Morgan fingerprint density at radius 2 is 1.79 bits per heavy atom. The van der Waals surface area contributed by atoms with Gasteiger partial charge in [0.25, 0.3) is 0 Å². The lowest BCUT2D eigenvalue weighted by Gasteiger charge is -2.41. The minimum atomic E-state index is 0.522. The third kappa shape index (κ3) is 3.18. The normalized spacial score (nSPS) is 33.2. The van der Waals surface area contributed by atoms with Gasteiger partial charge in [0, 0.05) is 31.7 Å². The van der Waals surface area contributed by atoms with Crippen molar-refractivity contribution in [2.45, 2.75) is 44.7 Å². The van der Waals surface area contributed by atoms with Gasteiger partial charge in [0.15, 0.2) is 0 Å². The lowest BCUT2D eigenvalue weighted by molar-refractivity contribution is 0.104. The smallest absolute Gasteiger partial charge is 0.0449 e. The fourth-order valence-corrected chi connectivity index (χ4v) is 3.62. The number of piperazine rings is 1. The molecule has 0 aromatic heterocycles. The van der Waals surface area contributed by atoms with Crippen LogP contribution >= 0.6 is 0 Å². The van der Waals surface area contributed by atoms with E-state index in [9.17, 15) is 0 Å². The Kier molecular flexibility index (Phi) is 4.19. The summed E-state index contributed by atoms with van der Waals surface area (Å²) in [5.74, 6) is 0.948. The number of benzene rings is 1. The number of nitrogens with zero attached hydrogens (tertiary/aromatic N) is 1. The van der Waals surface area contributed by atoms with Crippen LogP contribution in [-0.4, -0.2) is 30.6 Å². The van der Waals surface area contributed by atoms with E-state index in [1.807, 2.05) is 0 Å². The van der Waals surface area contributed by atoms with Crippen LogP contribution in [0.25, 0.3) is 0 Å². The Balaban J connectivity index is 1.62. The summed E-state index contributed by atoms with van der Waals surface area (Å²) in [6.07, 6.45) is 5.65. The van der Waals surface area contributed by atoms with Gasteiger partial charge in [-0.15, -0.1) is 0 Å². The van der Waals surface area contributed by atoms with Crippen molar-refractivity contribution in [2.75, 3.05) is 19.6 Å². The van der Waals surface area contributed by atoms with E-state index in [2.05, 4.69) is 47.5 Å². The van der Waals surface area contributed by atoms with E-state index in [0.29, 0.717) is 6.04 Å². The van der Waals surface area contributed by atoms with Crippen LogP contribution < -0.4 is 5.32 Å². The first-order valence-corrected chi connectivity index (χ1v) is 7.85. The van der Waals surface area contributed by atoms with Gasteiger partial charge in [0.05, 0.1) is 0 Å². The molecule has 1 saturated carbocycles. The highest BCUT2D eigenvalue weighted by atomic mass is 15.2. The fraction of sp³-hybridized carbons (Fsp3) is 0.647. The summed E-state index contributed by atoms with van der Waals surface area (Å²) in [6, 6.07) is 12.3. The summed E-state index contributed by atoms with van der Waals surface area (Å²) >= 11 is 0. The molecule has 2 aliphatic rings. The predicted octanol–water partition coefficient (Wildman–Crippen LogP) is 3.21. The standard InChI is InChI=1S/C17H26N2/c1-14-7-9-16(10-8-14)19-12-11-18-17(13-19)15-5-3-2-4-6-15/h2-6,14,16-18H,7-13H2,1H3. The van der Waals surface area contributed by atoms with Crippen LogP contribution in [0.2, 0.25) is 0 Å². The molecule has 1 aromatic carbocycles. The molecule has 0 spiro atoms. The molecule has 1 atom stereocenters. The highest BCUT2D eigenvalue weighted by Gasteiger charge is 2.28. The summed E-state index contributed by atoms with van der Waals surface area (Å²) < 4.78 is 0. The summed E-state index contributed by atoms with van der Waals surface area (Å²) in [5.41, 5.74) is 1.44. The van der Waals surface area contributed by atoms with E-state index in [-0.39, 0.29) is 0 Å². The Morgan fingerprint density at radius 1 is 1.05 bits per heavy atom. The van der Waals surface area contributed by atoms with Gasteiger partial charge in [-0.25, -0.2) is 0 Å². The Hall–Kier alpha value is -0.860. The van der Waals surface area contributed by atoms with E-state index >= 15 is 0 Å². The highest BCUT2D eigenvalue weighted by Crippen LogP contribution is 2.29. The molecule has 1 unspecified atom stereocenters. The van der Waals surface area contributed by atoms with Gasteiger partial charge in [0.1, 0.15) is 0 Å². The second-order valence-corrected chi connectivity index (χ2v) is 6.33. The van der Waals surface area contributed by atoms with Crippen molar-refractivity contribution in [1.82, 2.24) is 10.2 Å². The zero-order chi connectivity index (χ0) is 13.1. The minimum Gasteiger partial charge on any atom is -0.308 e. The molecular formula is C17H26N2. The SMILES string of the molecule is CC1CCC(N2CCNC(c3ccccc3)C2)CC1. The van der Waals surface area contributed by atoms with Gasteiger partial charge in [-0.05, 0) is 37.2 Å². The maximum absolute atomic E-state index is 3.67. The monoisotopic (exact) mass is 258 g/mol. The Morgan fingerprint density at radius 3 is 2.53 bits per heavy atom. The van der Waals surface area contributed by atoms with Crippen LogP contribution in [0.5, 0.6) is 0 Å². The maximum Gasteiger partial charge on any atom is 0.0449 e. The van der Waals surface area contributed by atoms with Crippen molar-refractivity contribution in [2.24, 2.45) is 5.92 Å². The molecule has 1 N–H and O–H groups in total. The third-order valence-electron chi connectivity index (χ3n) is 4.91. The van der Waals surface area contributed by atoms with Gasteiger partial charge in [0.2, 0.25) is 0 Å².